The minimum atomic E-state index is -0.440. The highest BCUT2D eigenvalue weighted by molar-refractivity contribution is 5.98. The van der Waals surface area contributed by atoms with Crippen molar-refractivity contribution in [2.24, 2.45) is 0 Å². The lowest BCUT2D eigenvalue weighted by molar-refractivity contribution is -0.116. The van der Waals surface area contributed by atoms with Crippen molar-refractivity contribution in [3.05, 3.63) is 67.3 Å². The van der Waals surface area contributed by atoms with E-state index in [1.54, 1.807) is 37.1 Å². The molecule has 0 fully saturated rings. The van der Waals surface area contributed by atoms with Crippen LogP contribution in [0.15, 0.2) is 65.9 Å². The average molecular weight is 481 g/mol. The number of hydrogen-bond acceptors (Lipinski definition) is 6. The van der Waals surface area contributed by atoms with Gasteiger partial charge in [-0.1, -0.05) is 6.92 Å². The van der Waals surface area contributed by atoms with Crippen LogP contribution in [0.3, 0.4) is 0 Å². The molecular formula is C26H20FN7O2. The first kappa shape index (κ1) is 21.7. The van der Waals surface area contributed by atoms with Crippen LogP contribution in [0.5, 0.6) is 0 Å². The van der Waals surface area contributed by atoms with Crippen molar-refractivity contribution in [1.82, 2.24) is 30.1 Å². The van der Waals surface area contributed by atoms with Crippen molar-refractivity contribution in [1.29, 1.82) is 0 Å². The van der Waals surface area contributed by atoms with E-state index in [-0.39, 0.29) is 5.91 Å². The Labute approximate surface area is 203 Å². The Kier molecular flexibility index (Phi) is 5.25. The third-order valence-corrected chi connectivity index (χ3v) is 5.91. The third-order valence-electron chi connectivity index (χ3n) is 5.91. The Morgan fingerprint density at radius 3 is 2.89 bits per heavy atom. The van der Waals surface area contributed by atoms with Gasteiger partial charge in [-0.25, -0.2) is 14.4 Å². The molecule has 0 bridgehead atoms. The fourth-order valence-corrected chi connectivity index (χ4v) is 4.23. The quantitative estimate of drug-likeness (QED) is 0.280. The maximum absolute atomic E-state index is 15.1. The Bertz CT molecular complexity index is 1720. The zero-order valence-electron chi connectivity index (χ0n) is 19.2. The second-order valence-electron chi connectivity index (χ2n) is 8.36. The number of H-pyrrole nitrogens is 2. The van der Waals surface area contributed by atoms with Crippen molar-refractivity contribution in [2.75, 3.05) is 5.32 Å². The molecule has 0 saturated carbocycles. The first-order valence-electron chi connectivity index (χ1n) is 11.4. The second kappa shape index (κ2) is 8.73. The molecule has 178 valence electrons. The number of hydrogen-bond donors (Lipinski definition) is 3. The number of benzene rings is 1. The topological polar surface area (TPSA) is 125 Å². The van der Waals surface area contributed by atoms with Crippen LogP contribution >= 0.6 is 0 Å². The van der Waals surface area contributed by atoms with E-state index >= 15 is 4.39 Å². The summed E-state index contributed by atoms with van der Waals surface area (Å²) in [6, 6.07) is 8.54. The van der Waals surface area contributed by atoms with Gasteiger partial charge in [0.05, 0.1) is 35.4 Å². The summed E-state index contributed by atoms with van der Waals surface area (Å²) >= 11 is 0. The number of fused-ring (bicyclic) bond motifs is 2. The molecule has 5 heterocycles. The zero-order chi connectivity index (χ0) is 24.6. The lowest BCUT2D eigenvalue weighted by Crippen LogP contribution is -2.10. The van der Waals surface area contributed by atoms with Gasteiger partial charge < -0.3 is 14.7 Å². The van der Waals surface area contributed by atoms with E-state index in [0.29, 0.717) is 51.3 Å². The Morgan fingerprint density at radius 2 is 2.06 bits per heavy atom. The van der Waals surface area contributed by atoms with Gasteiger partial charge in [-0.05, 0) is 30.7 Å². The second-order valence-corrected chi connectivity index (χ2v) is 8.36. The van der Waals surface area contributed by atoms with Crippen molar-refractivity contribution >= 4 is 33.7 Å². The third kappa shape index (κ3) is 3.78. The fraction of sp³-hybridized carbons (Fsp3) is 0.115. The van der Waals surface area contributed by atoms with Crippen LogP contribution in [0, 0.1) is 5.82 Å². The number of amides is 1. The maximum Gasteiger partial charge on any atom is 0.224 e. The summed E-state index contributed by atoms with van der Waals surface area (Å²) in [5.41, 5.74) is 5.49. The number of rotatable bonds is 6. The molecule has 1 amide bonds. The SMILES string of the molecule is CCCC(=O)Nc1cncc(-c2cc3c(-c4nc5nccc(-c6ccoc6)c5[nH]4)n[nH]c3cc2F)c1. The molecule has 3 N–H and O–H groups in total. The van der Waals surface area contributed by atoms with Crippen molar-refractivity contribution in [3.63, 3.8) is 0 Å². The molecule has 0 spiro atoms. The smallest absolute Gasteiger partial charge is 0.224 e. The van der Waals surface area contributed by atoms with Gasteiger partial charge in [0, 0.05) is 52.5 Å². The van der Waals surface area contributed by atoms with Gasteiger partial charge in [0.2, 0.25) is 5.91 Å². The number of halogens is 1. The molecule has 0 aliphatic carbocycles. The molecular weight excluding hydrogens is 461 g/mol. The van der Waals surface area contributed by atoms with E-state index in [1.165, 1.54) is 12.3 Å². The monoisotopic (exact) mass is 481 g/mol. The lowest BCUT2D eigenvalue weighted by atomic mass is 10.0. The highest BCUT2D eigenvalue weighted by atomic mass is 19.1. The minimum Gasteiger partial charge on any atom is -0.472 e. The predicted octanol–water partition coefficient (Wildman–Crippen LogP) is 5.70. The minimum absolute atomic E-state index is 0.113. The summed E-state index contributed by atoms with van der Waals surface area (Å²) in [6.07, 6.45) is 9.17. The van der Waals surface area contributed by atoms with E-state index in [1.807, 2.05) is 19.1 Å². The molecule has 5 aromatic heterocycles. The molecule has 36 heavy (non-hydrogen) atoms. The van der Waals surface area contributed by atoms with Crippen LogP contribution in [-0.4, -0.2) is 36.0 Å². The number of nitrogens with zero attached hydrogens (tertiary/aromatic N) is 4. The molecule has 6 rings (SSSR count). The normalized spacial score (nSPS) is 11.4. The number of nitrogens with one attached hydrogen (secondary N) is 3. The van der Waals surface area contributed by atoms with E-state index in [2.05, 4.69) is 35.5 Å². The van der Waals surface area contributed by atoms with Crippen LogP contribution in [-0.2, 0) is 4.79 Å². The summed E-state index contributed by atoms with van der Waals surface area (Å²) in [4.78, 5) is 28.5. The summed E-state index contributed by atoms with van der Waals surface area (Å²) in [6.45, 7) is 1.93. The predicted molar refractivity (Wildman–Crippen MR) is 133 cm³/mol. The van der Waals surface area contributed by atoms with Crippen molar-refractivity contribution < 1.29 is 13.6 Å². The summed E-state index contributed by atoms with van der Waals surface area (Å²) in [5, 5.41) is 10.8. The van der Waals surface area contributed by atoms with Gasteiger partial charge in [0.1, 0.15) is 11.5 Å². The summed E-state index contributed by atoms with van der Waals surface area (Å²) in [5.74, 6) is -0.0567. The summed E-state index contributed by atoms with van der Waals surface area (Å²) < 4.78 is 20.3. The largest absolute Gasteiger partial charge is 0.472 e. The Morgan fingerprint density at radius 1 is 1.14 bits per heavy atom. The van der Waals surface area contributed by atoms with Crippen LogP contribution in [0.1, 0.15) is 19.8 Å². The molecule has 0 unspecified atom stereocenters. The average Bonchev–Trinajstić information content (AvgIpc) is 3.62. The molecule has 9 nitrogen and oxygen atoms in total. The van der Waals surface area contributed by atoms with E-state index < -0.39 is 5.82 Å². The summed E-state index contributed by atoms with van der Waals surface area (Å²) in [7, 11) is 0. The first-order chi connectivity index (χ1) is 17.6. The Balaban J connectivity index is 1.43. The number of pyridine rings is 2. The van der Waals surface area contributed by atoms with Crippen molar-refractivity contribution in [2.45, 2.75) is 19.8 Å². The molecule has 1 aromatic carbocycles. The van der Waals surface area contributed by atoms with Gasteiger partial charge in [-0.2, -0.15) is 5.10 Å². The number of carbonyl (C=O) groups is 1. The van der Waals surface area contributed by atoms with Crippen LogP contribution in [0.25, 0.3) is 55.8 Å². The van der Waals surface area contributed by atoms with E-state index in [4.69, 9.17) is 4.42 Å². The maximum atomic E-state index is 15.1. The van der Waals surface area contributed by atoms with Gasteiger partial charge in [-0.3, -0.25) is 14.9 Å². The number of anilines is 1. The number of aromatic amines is 2. The van der Waals surface area contributed by atoms with E-state index in [9.17, 15) is 4.79 Å². The molecule has 0 saturated heterocycles. The van der Waals surface area contributed by atoms with Crippen LogP contribution in [0.4, 0.5) is 10.1 Å². The fourth-order valence-electron chi connectivity index (χ4n) is 4.23. The number of carbonyl (C=O) groups excluding carboxylic acids is 1. The number of aromatic nitrogens is 6. The molecule has 0 aliphatic rings. The van der Waals surface area contributed by atoms with Crippen LogP contribution < -0.4 is 5.32 Å². The molecule has 10 heteroatoms. The van der Waals surface area contributed by atoms with Crippen molar-refractivity contribution in [3.8, 4) is 33.8 Å². The highest BCUT2D eigenvalue weighted by Gasteiger charge is 2.18. The number of imidazole rings is 1. The van der Waals surface area contributed by atoms with Crippen LogP contribution in [0.2, 0.25) is 0 Å². The van der Waals surface area contributed by atoms with E-state index in [0.717, 1.165) is 23.1 Å². The molecule has 0 aliphatic heterocycles. The first-order valence-corrected chi connectivity index (χ1v) is 11.4. The Hall–Kier alpha value is -4.86. The van der Waals surface area contributed by atoms with Gasteiger partial charge in [0.25, 0.3) is 0 Å². The highest BCUT2D eigenvalue weighted by Crippen LogP contribution is 2.34. The zero-order valence-corrected chi connectivity index (χ0v) is 19.2. The molecule has 0 radical (unpaired) electrons. The van der Waals surface area contributed by atoms with Gasteiger partial charge >= 0.3 is 0 Å². The number of furan rings is 1. The lowest BCUT2D eigenvalue weighted by Gasteiger charge is -2.08. The molecule has 6 aromatic rings. The standard InChI is InChI=1S/C26H20FN7O2/c1-2-3-22(35)30-16-8-15(11-28-12-16)18-9-19-21(10-20(18)27)33-34-24(19)26-31-23-17(14-5-7-36-13-14)4-6-29-25(23)32-26/h4-13H,2-3H2,1H3,(H,30,35)(H,33,34)(H,29,31,32). The van der Waals surface area contributed by atoms with Gasteiger partial charge in [-0.15, -0.1) is 0 Å². The van der Waals surface area contributed by atoms with Gasteiger partial charge in [0.15, 0.2) is 11.5 Å². The molecule has 0 atom stereocenters.